The summed E-state index contributed by atoms with van der Waals surface area (Å²) in [6, 6.07) is 34.1. The number of urea groups is 1. The molecule has 4 aromatic rings. The van der Waals surface area contributed by atoms with Crippen molar-refractivity contribution >= 4 is 27.2 Å². The minimum absolute atomic E-state index is 0.0627. The second-order valence-corrected chi connectivity index (χ2v) is 10.4. The van der Waals surface area contributed by atoms with Gasteiger partial charge in [-0.15, -0.1) is 0 Å². The van der Waals surface area contributed by atoms with Gasteiger partial charge in [-0.05, 0) is 53.1 Å². The van der Waals surface area contributed by atoms with Crippen molar-refractivity contribution in [2.75, 3.05) is 22.6 Å². The predicted molar refractivity (Wildman–Crippen MR) is 136 cm³/mol. The number of carbonyl (C=O) groups is 1. The molecule has 1 fully saturated rings. The number of amides is 2. The van der Waals surface area contributed by atoms with Crippen LogP contribution >= 0.6 is 0 Å². The molecule has 0 bridgehead atoms. The van der Waals surface area contributed by atoms with E-state index in [4.69, 9.17) is 0 Å². The summed E-state index contributed by atoms with van der Waals surface area (Å²) in [6.45, 7) is 0.528. The van der Waals surface area contributed by atoms with Gasteiger partial charge in [0.1, 0.15) is 0 Å². The molecule has 0 aliphatic carbocycles. The maximum atomic E-state index is 13.5. The van der Waals surface area contributed by atoms with Gasteiger partial charge in [-0.25, -0.2) is 13.2 Å². The zero-order chi connectivity index (χ0) is 23.7. The van der Waals surface area contributed by atoms with Gasteiger partial charge < -0.3 is 0 Å². The Kier molecular flexibility index (Phi) is 5.67. The fourth-order valence-corrected chi connectivity index (χ4v) is 5.02. The first-order valence-corrected chi connectivity index (χ1v) is 12.9. The second kappa shape index (κ2) is 8.80. The van der Waals surface area contributed by atoms with Gasteiger partial charge in [-0.1, -0.05) is 72.8 Å². The fraction of sp³-hybridized carbons (Fsp3) is 0.107. The Labute approximate surface area is 199 Å². The molecule has 2 amide bonds. The third-order valence-corrected chi connectivity index (χ3v) is 7.21. The Morgan fingerprint density at radius 2 is 1.32 bits per heavy atom. The summed E-state index contributed by atoms with van der Waals surface area (Å²) < 4.78 is 23.9. The van der Waals surface area contributed by atoms with Crippen LogP contribution in [0.15, 0.2) is 114 Å². The number of carbonyl (C=O) groups excluding carboxylic acids is 1. The highest BCUT2D eigenvalue weighted by atomic mass is 32.2. The van der Waals surface area contributed by atoms with Crippen molar-refractivity contribution in [3.05, 3.63) is 115 Å². The normalized spacial score (nSPS) is 16.1. The van der Waals surface area contributed by atoms with Crippen LogP contribution in [0.5, 0.6) is 0 Å². The minimum Gasteiger partial charge on any atom is -0.292 e. The van der Waals surface area contributed by atoms with Crippen LogP contribution in [0.1, 0.15) is 11.6 Å². The molecule has 6 heteroatoms. The number of benzene rings is 4. The van der Waals surface area contributed by atoms with Crippen molar-refractivity contribution in [3.63, 3.8) is 0 Å². The van der Waals surface area contributed by atoms with Crippen molar-refractivity contribution in [2.45, 2.75) is 10.9 Å². The molecule has 1 aliphatic rings. The number of hydrogen-bond donors (Lipinski definition) is 0. The first-order chi connectivity index (χ1) is 16.4. The summed E-state index contributed by atoms with van der Waals surface area (Å²) in [5.74, 6) is 0. The topological polar surface area (TPSA) is 57.7 Å². The van der Waals surface area contributed by atoms with Crippen molar-refractivity contribution in [3.8, 4) is 11.1 Å². The molecular weight excluding hydrogens is 444 g/mol. The van der Waals surface area contributed by atoms with Gasteiger partial charge in [0, 0.05) is 17.6 Å². The van der Waals surface area contributed by atoms with Gasteiger partial charge in [-0.2, -0.15) is 0 Å². The Hall–Kier alpha value is -3.90. The molecule has 0 N–H and O–H groups in total. The van der Waals surface area contributed by atoms with E-state index in [1.54, 1.807) is 23.1 Å². The molecule has 34 heavy (non-hydrogen) atoms. The molecule has 1 heterocycles. The van der Waals surface area contributed by atoms with E-state index in [2.05, 4.69) is 0 Å². The lowest BCUT2D eigenvalue weighted by Crippen LogP contribution is -2.32. The van der Waals surface area contributed by atoms with Crippen molar-refractivity contribution in [1.29, 1.82) is 0 Å². The van der Waals surface area contributed by atoms with Crippen LogP contribution < -0.4 is 9.80 Å². The minimum atomic E-state index is -3.28. The Morgan fingerprint density at radius 1 is 0.706 bits per heavy atom. The monoisotopic (exact) mass is 468 g/mol. The number of hydrogen-bond acceptors (Lipinski definition) is 3. The summed E-state index contributed by atoms with van der Waals surface area (Å²) >= 11 is 0. The number of nitrogens with zero attached hydrogens (tertiary/aromatic N) is 2. The SMILES string of the molecule is CS(=O)(=O)c1cccc(-c2ccc(C3CN(c4ccccc4)C(=O)N3c3ccccc3)cc2)c1. The summed E-state index contributed by atoms with van der Waals surface area (Å²) in [5.41, 5.74) is 4.48. The zero-order valence-electron chi connectivity index (χ0n) is 18.7. The molecule has 1 aliphatic heterocycles. The molecule has 1 atom stereocenters. The molecule has 0 spiro atoms. The largest absolute Gasteiger partial charge is 0.329 e. The van der Waals surface area contributed by atoms with Crippen LogP contribution in [0.25, 0.3) is 11.1 Å². The van der Waals surface area contributed by atoms with E-state index in [1.165, 1.54) is 6.26 Å². The number of para-hydroxylation sites is 2. The van der Waals surface area contributed by atoms with Gasteiger partial charge in [0.05, 0.1) is 17.5 Å². The van der Waals surface area contributed by atoms with Crippen LogP contribution in [0, 0.1) is 0 Å². The molecular formula is C28H24N2O3S. The van der Waals surface area contributed by atoms with Crippen LogP contribution in [0.4, 0.5) is 16.2 Å². The number of anilines is 2. The second-order valence-electron chi connectivity index (χ2n) is 8.37. The van der Waals surface area contributed by atoms with E-state index in [0.29, 0.717) is 11.4 Å². The zero-order valence-corrected chi connectivity index (χ0v) is 19.5. The summed E-state index contributed by atoms with van der Waals surface area (Å²) in [7, 11) is -3.28. The van der Waals surface area contributed by atoms with E-state index in [1.807, 2.05) is 95.9 Å². The summed E-state index contributed by atoms with van der Waals surface area (Å²) in [4.78, 5) is 17.4. The maximum absolute atomic E-state index is 13.5. The van der Waals surface area contributed by atoms with Crippen molar-refractivity contribution in [1.82, 2.24) is 0 Å². The van der Waals surface area contributed by atoms with Gasteiger partial charge >= 0.3 is 6.03 Å². The van der Waals surface area contributed by atoms with Crippen LogP contribution in [0.2, 0.25) is 0 Å². The van der Waals surface area contributed by atoms with Crippen molar-refractivity contribution < 1.29 is 13.2 Å². The number of rotatable bonds is 5. The van der Waals surface area contributed by atoms with Crippen molar-refractivity contribution in [2.24, 2.45) is 0 Å². The van der Waals surface area contributed by atoms with E-state index in [9.17, 15) is 13.2 Å². The van der Waals surface area contributed by atoms with E-state index < -0.39 is 9.84 Å². The van der Waals surface area contributed by atoms with Crippen LogP contribution in [0.3, 0.4) is 0 Å². The molecule has 0 saturated carbocycles. The molecule has 170 valence electrons. The van der Waals surface area contributed by atoms with Crippen LogP contribution in [-0.2, 0) is 9.84 Å². The highest BCUT2D eigenvalue weighted by molar-refractivity contribution is 7.90. The van der Waals surface area contributed by atoms with Gasteiger partial charge in [-0.3, -0.25) is 9.80 Å². The third kappa shape index (κ3) is 4.20. The fourth-order valence-electron chi connectivity index (χ4n) is 4.36. The molecule has 1 saturated heterocycles. The maximum Gasteiger partial charge on any atom is 0.329 e. The quantitative estimate of drug-likeness (QED) is 0.364. The molecule has 0 radical (unpaired) electrons. The highest BCUT2D eigenvalue weighted by Gasteiger charge is 2.39. The van der Waals surface area contributed by atoms with E-state index in [0.717, 1.165) is 28.1 Å². The van der Waals surface area contributed by atoms with E-state index in [-0.39, 0.29) is 12.1 Å². The van der Waals surface area contributed by atoms with Gasteiger partial charge in [0.2, 0.25) is 0 Å². The van der Waals surface area contributed by atoms with Crippen LogP contribution in [-0.4, -0.2) is 27.2 Å². The first-order valence-electron chi connectivity index (χ1n) is 11.0. The molecule has 5 nitrogen and oxygen atoms in total. The smallest absolute Gasteiger partial charge is 0.292 e. The molecule has 5 rings (SSSR count). The van der Waals surface area contributed by atoms with Gasteiger partial charge in [0.15, 0.2) is 9.84 Å². The average molecular weight is 469 g/mol. The Morgan fingerprint density at radius 3 is 1.94 bits per heavy atom. The highest BCUT2D eigenvalue weighted by Crippen LogP contribution is 2.37. The van der Waals surface area contributed by atoms with E-state index >= 15 is 0 Å². The lowest BCUT2D eigenvalue weighted by molar-refractivity contribution is 0.255. The number of sulfone groups is 1. The molecule has 0 aromatic heterocycles. The first kappa shape index (κ1) is 21.9. The molecule has 1 unspecified atom stereocenters. The molecule has 4 aromatic carbocycles. The lowest BCUT2D eigenvalue weighted by Gasteiger charge is -2.24. The van der Waals surface area contributed by atoms with Gasteiger partial charge in [0.25, 0.3) is 0 Å². The summed E-state index contributed by atoms with van der Waals surface area (Å²) in [6.07, 6.45) is 1.21. The standard InChI is InChI=1S/C28H24N2O3S/c1-34(32,33)26-14-8-9-23(19-26)21-15-17-22(18-16-21)27-20-29(24-10-4-2-5-11-24)28(31)30(27)25-12-6-3-7-13-25/h2-19,27H,20H2,1H3. The lowest BCUT2D eigenvalue weighted by atomic mass is 10.00. The Balaban J connectivity index is 1.50. The Bertz CT molecular complexity index is 1420. The summed E-state index contributed by atoms with van der Waals surface area (Å²) in [5, 5.41) is 0. The predicted octanol–water partition coefficient (Wildman–Crippen LogP) is 5.95. The third-order valence-electron chi connectivity index (χ3n) is 6.10. The average Bonchev–Trinajstić information content (AvgIpc) is 3.22.